The monoisotopic (exact) mass is 280 g/mol. The topological polar surface area (TPSA) is 15.3 Å². The molecule has 2 heteroatoms. The Labute approximate surface area is 126 Å². The lowest BCUT2D eigenvalue weighted by Gasteiger charge is -2.39. The van der Waals surface area contributed by atoms with Crippen molar-refractivity contribution in [2.45, 2.75) is 65.2 Å². The number of rotatable bonds is 8. The fourth-order valence-electron chi connectivity index (χ4n) is 4.43. The lowest BCUT2D eigenvalue weighted by molar-refractivity contribution is 0.128. The van der Waals surface area contributed by atoms with Crippen LogP contribution in [0.5, 0.6) is 0 Å². The summed E-state index contributed by atoms with van der Waals surface area (Å²) in [5.74, 6) is 3.16. The Morgan fingerprint density at radius 2 is 1.70 bits per heavy atom. The zero-order valence-electron chi connectivity index (χ0n) is 13.9. The molecular formula is C18H36N2. The van der Waals surface area contributed by atoms with Crippen molar-refractivity contribution in [1.82, 2.24) is 10.2 Å². The number of hydrogen-bond acceptors (Lipinski definition) is 2. The molecule has 2 rings (SSSR count). The van der Waals surface area contributed by atoms with Crippen molar-refractivity contribution in [3.8, 4) is 0 Å². The van der Waals surface area contributed by atoms with Crippen LogP contribution in [0.15, 0.2) is 0 Å². The summed E-state index contributed by atoms with van der Waals surface area (Å²) in [6, 6.07) is 0. The van der Waals surface area contributed by atoms with Crippen LogP contribution in [0.2, 0.25) is 0 Å². The first-order valence-electron chi connectivity index (χ1n) is 9.26. The van der Waals surface area contributed by atoms with Crippen molar-refractivity contribution in [2.75, 3.05) is 32.7 Å². The zero-order chi connectivity index (χ0) is 14.2. The lowest BCUT2D eigenvalue weighted by atomic mass is 9.67. The zero-order valence-corrected chi connectivity index (χ0v) is 13.9. The van der Waals surface area contributed by atoms with E-state index in [0.29, 0.717) is 0 Å². The first-order chi connectivity index (χ1) is 9.83. The molecule has 2 fully saturated rings. The van der Waals surface area contributed by atoms with Crippen LogP contribution in [0.3, 0.4) is 0 Å². The highest BCUT2D eigenvalue weighted by molar-refractivity contribution is 4.83. The summed E-state index contributed by atoms with van der Waals surface area (Å²) in [6.07, 6.45) is 11.9. The van der Waals surface area contributed by atoms with E-state index < -0.39 is 0 Å². The maximum atomic E-state index is 3.73. The summed E-state index contributed by atoms with van der Waals surface area (Å²) < 4.78 is 0. The third-order valence-electron chi connectivity index (χ3n) is 5.80. The van der Waals surface area contributed by atoms with Gasteiger partial charge in [0.15, 0.2) is 0 Å². The summed E-state index contributed by atoms with van der Waals surface area (Å²) in [5, 5.41) is 3.73. The van der Waals surface area contributed by atoms with Crippen molar-refractivity contribution in [3.05, 3.63) is 0 Å². The quantitative estimate of drug-likeness (QED) is 0.678. The van der Waals surface area contributed by atoms with E-state index in [-0.39, 0.29) is 0 Å². The third-order valence-corrected chi connectivity index (χ3v) is 5.80. The van der Waals surface area contributed by atoms with E-state index in [1.807, 2.05) is 0 Å². The van der Waals surface area contributed by atoms with Gasteiger partial charge in [0.05, 0.1) is 0 Å². The summed E-state index contributed by atoms with van der Waals surface area (Å²) >= 11 is 0. The molecule has 2 aliphatic carbocycles. The molecule has 2 aliphatic rings. The van der Waals surface area contributed by atoms with E-state index in [1.54, 1.807) is 0 Å². The van der Waals surface area contributed by atoms with Crippen molar-refractivity contribution in [3.63, 3.8) is 0 Å². The van der Waals surface area contributed by atoms with Crippen LogP contribution in [0, 0.1) is 17.8 Å². The van der Waals surface area contributed by atoms with E-state index in [9.17, 15) is 0 Å². The molecule has 0 saturated heterocycles. The second kappa shape index (κ2) is 9.04. The minimum Gasteiger partial charge on any atom is -0.316 e. The average Bonchev–Trinajstić information content (AvgIpc) is 2.51. The lowest BCUT2D eigenvalue weighted by Crippen LogP contribution is -2.34. The molecule has 118 valence electrons. The molecule has 2 nitrogen and oxygen atoms in total. The van der Waals surface area contributed by atoms with Gasteiger partial charge in [0.25, 0.3) is 0 Å². The molecule has 0 spiro atoms. The van der Waals surface area contributed by atoms with Crippen LogP contribution in [0.25, 0.3) is 0 Å². The molecule has 0 aliphatic heterocycles. The summed E-state index contributed by atoms with van der Waals surface area (Å²) in [4.78, 5) is 2.52. The standard InChI is InChI=1S/C18H36N2/c1-3-20(4-2)13-7-12-19-15-16-10-11-17-8-5-6-9-18(17)14-16/h16-19H,3-15H2,1-2H3. The van der Waals surface area contributed by atoms with Crippen molar-refractivity contribution in [1.29, 1.82) is 0 Å². The maximum Gasteiger partial charge on any atom is -0.000687 e. The molecule has 3 unspecified atom stereocenters. The Kier molecular flexibility index (Phi) is 7.37. The Morgan fingerprint density at radius 1 is 0.950 bits per heavy atom. The van der Waals surface area contributed by atoms with Crippen LogP contribution in [-0.4, -0.2) is 37.6 Å². The van der Waals surface area contributed by atoms with Crippen molar-refractivity contribution < 1.29 is 0 Å². The number of nitrogens with zero attached hydrogens (tertiary/aromatic N) is 1. The van der Waals surface area contributed by atoms with Crippen molar-refractivity contribution in [2.24, 2.45) is 17.8 Å². The van der Waals surface area contributed by atoms with Crippen LogP contribution in [0.4, 0.5) is 0 Å². The fourth-order valence-corrected chi connectivity index (χ4v) is 4.43. The normalized spacial score (nSPS) is 30.4. The molecule has 0 radical (unpaired) electrons. The summed E-state index contributed by atoms with van der Waals surface area (Å²) in [5.41, 5.74) is 0. The van der Waals surface area contributed by atoms with Gasteiger partial charge in [-0.1, -0.05) is 39.5 Å². The van der Waals surface area contributed by atoms with Gasteiger partial charge in [-0.2, -0.15) is 0 Å². The SMILES string of the molecule is CCN(CC)CCCNCC1CCC2CCCCC2C1. The number of hydrogen-bond donors (Lipinski definition) is 1. The fraction of sp³-hybridized carbons (Fsp3) is 1.00. The molecule has 0 aromatic heterocycles. The Hall–Kier alpha value is -0.0800. The molecule has 0 aromatic carbocycles. The van der Waals surface area contributed by atoms with Crippen LogP contribution >= 0.6 is 0 Å². The number of nitrogens with one attached hydrogen (secondary N) is 1. The minimum atomic E-state index is 0.975. The molecule has 0 amide bonds. The van der Waals surface area contributed by atoms with Gasteiger partial charge in [0.1, 0.15) is 0 Å². The van der Waals surface area contributed by atoms with E-state index in [2.05, 4.69) is 24.1 Å². The molecule has 0 aromatic rings. The minimum absolute atomic E-state index is 0.975. The molecule has 3 atom stereocenters. The molecule has 20 heavy (non-hydrogen) atoms. The van der Waals surface area contributed by atoms with Gasteiger partial charge in [-0.25, -0.2) is 0 Å². The van der Waals surface area contributed by atoms with Crippen LogP contribution in [-0.2, 0) is 0 Å². The highest BCUT2D eigenvalue weighted by atomic mass is 15.1. The summed E-state index contributed by atoms with van der Waals surface area (Å²) in [7, 11) is 0. The molecule has 1 N–H and O–H groups in total. The van der Waals surface area contributed by atoms with Crippen LogP contribution < -0.4 is 5.32 Å². The largest absolute Gasteiger partial charge is 0.316 e. The third kappa shape index (κ3) is 5.04. The highest BCUT2D eigenvalue weighted by Gasteiger charge is 2.31. The smallest absolute Gasteiger partial charge is 0.000687 e. The first kappa shape index (κ1) is 16.3. The maximum absolute atomic E-state index is 3.73. The number of fused-ring (bicyclic) bond motifs is 1. The van der Waals surface area contributed by atoms with E-state index in [4.69, 9.17) is 0 Å². The molecule has 0 heterocycles. The molecular weight excluding hydrogens is 244 g/mol. The average molecular weight is 280 g/mol. The molecule has 2 saturated carbocycles. The Balaban J connectivity index is 1.54. The predicted octanol–water partition coefficient (Wildman–Crippen LogP) is 3.91. The highest BCUT2D eigenvalue weighted by Crippen LogP contribution is 2.42. The van der Waals surface area contributed by atoms with Gasteiger partial charge in [-0.05, 0) is 76.2 Å². The second-order valence-corrected chi connectivity index (χ2v) is 7.07. The van der Waals surface area contributed by atoms with Gasteiger partial charge in [0.2, 0.25) is 0 Å². The second-order valence-electron chi connectivity index (χ2n) is 7.07. The van der Waals surface area contributed by atoms with Gasteiger partial charge >= 0.3 is 0 Å². The van der Waals surface area contributed by atoms with Gasteiger partial charge < -0.3 is 10.2 Å². The van der Waals surface area contributed by atoms with Crippen molar-refractivity contribution >= 4 is 0 Å². The molecule has 0 bridgehead atoms. The van der Waals surface area contributed by atoms with Gasteiger partial charge in [-0.3, -0.25) is 0 Å². The van der Waals surface area contributed by atoms with Crippen LogP contribution in [0.1, 0.15) is 65.2 Å². The Morgan fingerprint density at radius 3 is 2.45 bits per heavy atom. The Bertz CT molecular complexity index is 250. The van der Waals surface area contributed by atoms with Gasteiger partial charge in [0, 0.05) is 0 Å². The van der Waals surface area contributed by atoms with E-state index in [1.165, 1.54) is 84.1 Å². The van der Waals surface area contributed by atoms with Gasteiger partial charge in [-0.15, -0.1) is 0 Å². The van der Waals surface area contributed by atoms with E-state index >= 15 is 0 Å². The predicted molar refractivity (Wildman–Crippen MR) is 88.1 cm³/mol. The first-order valence-corrected chi connectivity index (χ1v) is 9.26. The van der Waals surface area contributed by atoms with E-state index in [0.717, 1.165) is 17.8 Å². The summed E-state index contributed by atoms with van der Waals surface area (Å²) in [6.45, 7) is 10.7.